The Balaban J connectivity index is 1.84. The van der Waals surface area contributed by atoms with Gasteiger partial charge in [0.15, 0.2) is 0 Å². The first-order chi connectivity index (χ1) is 13.9. The molecule has 0 spiro atoms. The summed E-state index contributed by atoms with van der Waals surface area (Å²) in [6, 6.07) is 24.9. The molecule has 5 rings (SSSR count). The van der Waals surface area contributed by atoms with Gasteiger partial charge < -0.3 is 4.74 Å². The molecule has 2 aromatic carbocycles. The van der Waals surface area contributed by atoms with Crippen LogP contribution in [0.5, 0.6) is 0 Å². The molecule has 0 bridgehead atoms. The second-order valence-corrected chi connectivity index (χ2v) is 6.75. The molecule has 3 aromatic heterocycles. The molecule has 5 aromatic rings. The summed E-state index contributed by atoms with van der Waals surface area (Å²) in [6.45, 7) is 0. The maximum absolute atomic E-state index is 5.89. The number of benzene rings is 2. The van der Waals surface area contributed by atoms with E-state index in [0.29, 0.717) is 0 Å². The highest BCUT2D eigenvalue weighted by Gasteiger charge is 2.21. The van der Waals surface area contributed by atoms with Crippen molar-refractivity contribution in [3.63, 3.8) is 0 Å². The van der Waals surface area contributed by atoms with Crippen molar-refractivity contribution in [2.24, 2.45) is 0 Å². The number of hydrogen-bond acceptors (Lipinski definition) is 3. The van der Waals surface area contributed by atoms with E-state index < -0.39 is 0 Å². The molecule has 0 aliphatic rings. The lowest BCUT2D eigenvalue weighted by Gasteiger charge is -2.16. The van der Waals surface area contributed by atoms with Gasteiger partial charge in [0.1, 0.15) is 6.10 Å². The second kappa shape index (κ2) is 6.91. The lowest BCUT2D eigenvalue weighted by Crippen LogP contribution is -2.04. The van der Waals surface area contributed by atoms with E-state index in [0.717, 1.165) is 33.3 Å². The van der Waals surface area contributed by atoms with Crippen molar-refractivity contribution in [1.29, 1.82) is 0 Å². The van der Waals surface area contributed by atoms with Gasteiger partial charge >= 0.3 is 0 Å². The first kappa shape index (κ1) is 16.7. The molecule has 0 saturated carbocycles. The number of nitrogens with zero attached hydrogens (tertiary/aromatic N) is 3. The van der Waals surface area contributed by atoms with Gasteiger partial charge in [0.05, 0.1) is 17.4 Å². The lowest BCUT2D eigenvalue weighted by atomic mass is 10.00. The zero-order valence-corrected chi connectivity index (χ0v) is 15.5. The molecular weight excluding hydrogens is 346 g/mol. The van der Waals surface area contributed by atoms with Crippen LogP contribution in [0.2, 0.25) is 0 Å². The zero-order valence-electron chi connectivity index (χ0n) is 15.5. The topological polar surface area (TPSA) is 39.4 Å². The lowest BCUT2D eigenvalue weighted by molar-refractivity contribution is 0.137. The summed E-state index contributed by atoms with van der Waals surface area (Å²) >= 11 is 0. The molecule has 0 amide bonds. The number of ether oxygens (including phenoxy) is 1. The first-order valence-electron chi connectivity index (χ1n) is 9.24. The molecular formula is C24H19N3O. The van der Waals surface area contributed by atoms with Crippen molar-refractivity contribution in [2.75, 3.05) is 7.11 Å². The van der Waals surface area contributed by atoms with Gasteiger partial charge in [-0.1, -0.05) is 60.7 Å². The van der Waals surface area contributed by atoms with Gasteiger partial charge in [-0.05, 0) is 17.5 Å². The minimum atomic E-state index is -0.236. The van der Waals surface area contributed by atoms with Crippen molar-refractivity contribution in [3.8, 4) is 11.3 Å². The third kappa shape index (κ3) is 2.66. The second-order valence-electron chi connectivity index (χ2n) is 6.75. The van der Waals surface area contributed by atoms with Gasteiger partial charge in [-0.2, -0.15) is 5.10 Å². The SMILES string of the molecule is COC(c1cccnc1)c1cnn2c(-c3ccccc3)cc3ccccc3c12. The summed E-state index contributed by atoms with van der Waals surface area (Å²) in [5, 5.41) is 7.09. The summed E-state index contributed by atoms with van der Waals surface area (Å²) in [4.78, 5) is 4.26. The van der Waals surface area contributed by atoms with Gasteiger partial charge in [0.2, 0.25) is 0 Å². The number of pyridine rings is 2. The van der Waals surface area contributed by atoms with Crippen molar-refractivity contribution < 1.29 is 4.74 Å². The molecule has 3 heterocycles. The molecule has 1 atom stereocenters. The van der Waals surface area contributed by atoms with Crippen LogP contribution in [0, 0.1) is 0 Å². The van der Waals surface area contributed by atoms with Crippen LogP contribution >= 0.6 is 0 Å². The summed E-state index contributed by atoms with van der Waals surface area (Å²) in [5.74, 6) is 0. The van der Waals surface area contributed by atoms with Gasteiger partial charge in [0, 0.05) is 41.6 Å². The van der Waals surface area contributed by atoms with Crippen LogP contribution in [0.4, 0.5) is 0 Å². The Hall–Kier alpha value is -3.50. The molecule has 4 nitrogen and oxygen atoms in total. The molecule has 0 N–H and O–H groups in total. The first-order valence-corrected chi connectivity index (χ1v) is 9.24. The van der Waals surface area contributed by atoms with E-state index in [9.17, 15) is 0 Å². The van der Waals surface area contributed by atoms with Crippen LogP contribution in [0.25, 0.3) is 27.5 Å². The van der Waals surface area contributed by atoms with Crippen LogP contribution in [0.1, 0.15) is 17.2 Å². The zero-order chi connectivity index (χ0) is 18.9. The molecule has 4 heteroatoms. The Bertz CT molecular complexity index is 1250. The smallest absolute Gasteiger partial charge is 0.112 e. The van der Waals surface area contributed by atoms with E-state index in [2.05, 4.69) is 47.4 Å². The minimum absolute atomic E-state index is 0.236. The summed E-state index contributed by atoms with van der Waals surface area (Å²) in [7, 11) is 1.73. The van der Waals surface area contributed by atoms with E-state index in [1.807, 2.05) is 47.2 Å². The Labute approximate surface area is 163 Å². The van der Waals surface area contributed by atoms with Crippen molar-refractivity contribution >= 4 is 16.3 Å². The standard InChI is InChI=1S/C24H19N3O/c1-28-24(19-11-7-13-25-15-19)21-16-26-27-22(17-8-3-2-4-9-17)14-18-10-5-6-12-20(18)23(21)27/h2-16,24H,1H3. The van der Waals surface area contributed by atoms with E-state index in [-0.39, 0.29) is 6.10 Å². The molecule has 0 aliphatic heterocycles. The molecule has 0 radical (unpaired) electrons. The number of aromatic nitrogens is 3. The quantitative estimate of drug-likeness (QED) is 0.435. The largest absolute Gasteiger partial charge is 0.372 e. The number of hydrogen-bond donors (Lipinski definition) is 0. The van der Waals surface area contributed by atoms with Gasteiger partial charge in [0.25, 0.3) is 0 Å². The normalized spacial score (nSPS) is 12.5. The highest BCUT2D eigenvalue weighted by Crippen LogP contribution is 2.35. The molecule has 28 heavy (non-hydrogen) atoms. The Morgan fingerprint density at radius 2 is 1.71 bits per heavy atom. The van der Waals surface area contributed by atoms with Crippen LogP contribution in [-0.2, 0) is 4.74 Å². The molecule has 0 fully saturated rings. The fraction of sp³-hybridized carbons (Fsp3) is 0.0833. The minimum Gasteiger partial charge on any atom is -0.372 e. The third-order valence-electron chi connectivity index (χ3n) is 5.11. The van der Waals surface area contributed by atoms with E-state index in [1.54, 1.807) is 13.3 Å². The monoisotopic (exact) mass is 365 g/mol. The Kier molecular flexibility index (Phi) is 4.11. The van der Waals surface area contributed by atoms with Gasteiger partial charge in [-0.3, -0.25) is 4.98 Å². The van der Waals surface area contributed by atoms with Crippen LogP contribution < -0.4 is 0 Å². The van der Waals surface area contributed by atoms with Crippen LogP contribution in [0.3, 0.4) is 0 Å². The summed E-state index contributed by atoms with van der Waals surface area (Å²) < 4.78 is 7.91. The van der Waals surface area contributed by atoms with Crippen molar-refractivity contribution in [2.45, 2.75) is 6.10 Å². The summed E-state index contributed by atoms with van der Waals surface area (Å²) in [6.07, 6.45) is 5.30. The van der Waals surface area contributed by atoms with E-state index >= 15 is 0 Å². The molecule has 1 unspecified atom stereocenters. The average molecular weight is 365 g/mol. The number of methoxy groups -OCH3 is 1. The van der Waals surface area contributed by atoms with E-state index in [4.69, 9.17) is 9.84 Å². The fourth-order valence-corrected chi connectivity index (χ4v) is 3.84. The fourth-order valence-electron chi connectivity index (χ4n) is 3.84. The predicted octanol–water partition coefficient (Wildman–Crippen LogP) is 5.29. The van der Waals surface area contributed by atoms with Crippen LogP contribution in [0.15, 0.2) is 91.4 Å². The molecule has 136 valence electrons. The highest BCUT2D eigenvalue weighted by molar-refractivity contribution is 6.00. The Morgan fingerprint density at radius 1 is 0.893 bits per heavy atom. The van der Waals surface area contributed by atoms with Crippen LogP contribution in [-0.4, -0.2) is 21.7 Å². The number of rotatable bonds is 4. The number of fused-ring (bicyclic) bond motifs is 3. The van der Waals surface area contributed by atoms with Crippen molar-refractivity contribution in [3.05, 3.63) is 103 Å². The maximum atomic E-state index is 5.89. The summed E-state index contributed by atoms with van der Waals surface area (Å²) in [5.41, 5.74) is 5.29. The highest BCUT2D eigenvalue weighted by atomic mass is 16.5. The molecule has 0 aliphatic carbocycles. The van der Waals surface area contributed by atoms with Gasteiger partial charge in [-0.15, -0.1) is 0 Å². The van der Waals surface area contributed by atoms with E-state index in [1.165, 1.54) is 5.39 Å². The average Bonchev–Trinajstić information content (AvgIpc) is 3.20. The predicted molar refractivity (Wildman–Crippen MR) is 111 cm³/mol. The third-order valence-corrected chi connectivity index (χ3v) is 5.11. The van der Waals surface area contributed by atoms with Crippen molar-refractivity contribution in [1.82, 2.24) is 14.6 Å². The van der Waals surface area contributed by atoms with Gasteiger partial charge in [-0.25, -0.2) is 4.52 Å². The molecule has 0 saturated heterocycles. The maximum Gasteiger partial charge on any atom is 0.112 e. The Morgan fingerprint density at radius 3 is 2.50 bits per heavy atom.